The first-order chi connectivity index (χ1) is 15.6. The van der Waals surface area contributed by atoms with E-state index in [0.29, 0.717) is 0 Å². The van der Waals surface area contributed by atoms with Crippen LogP contribution in [-0.4, -0.2) is 27.2 Å². The Bertz CT molecular complexity index is 1400. The summed E-state index contributed by atoms with van der Waals surface area (Å²) >= 11 is 6.80. The van der Waals surface area contributed by atoms with E-state index in [0.717, 1.165) is 34.6 Å². The number of alkyl halides is 3. The molecular weight excluding hydrogens is 491 g/mol. The van der Waals surface area contributed by atoms with Crippen LogP contribution in [0.2, 0.25) is 5.02 Å². The fraction of sp³-hybridized carbons (Fsp3) is 0.150. The minimum Gasteiger partial charge on any atom is -0.446 e. The molecule has 170 valence electrons. The minimum absolute atomic E-state index is 0.0670. The van der Waals surface area contributed by atoms with Crippen molar-refractivity contribution in [1.82, 2.24) is 14.5 Å². The van der Waals surface area contributed by atoms with E-state index in [4.69, 9.17) is 16.3 Å². The van der Waals surface area contributed by atoms with E-state index < -0.39 is 35.6 Å². The van der Waals surface area contributed by atoms with Gasteiger partial charge in [-0.1, -0.05) is 11.6 Å². The third kappa shape index (κ3) is 3.68. The maximum atomic E-state index is 14.2. The fourth-order valence-corrected chi connectivity index (χ4v) is 4.56. The molecule has 4 heterocycles. The second-order valence-corrected chi connectivity index (χ2v) is 8.32. The summed E-state index contributed by atoms with van der Waals surface area (Å²) in [5.41, 5.74) is -0.744. The number of fused-ring (bicyclic) bond motifs is 1. The van der Waals surface area contributed by atoms with E-state index in [1.807, 2.05) is 0 Å². The Morgan fingerprint density at radius 1 is 1.15 bits per heavy atom. The first-order valence-electron chi connectivity index (χ1n) is 9.25. The van der Waals surface area contributed by atoms with Crippen molar-refractivity contribution in [3.63, 3.8) is 0 Å². The molecule has 0 bridgehead atoms. The van der Waals surface area contributed by atoms with Crippen molar-refractivity contribution in [2.24, 2.45) is 0 Å². The Balaban J connectivity index is 1.65. The quantitative estimate of drug-likeness (QED) is 0.317. The lowest BCUT2D eigenvalue weighted by atomic mass is 10.1. The molecule has 6 nitrogen and oxygen atoms in total. The Morgan fingerprint density at radius 3 is 2.67 bits per heavy atom. The molecule has 1 amide bonds. The summed E-state index contributed by atoms with van der Waals surface area (Å²) in [4.78, 5) is 21.5. The Morgan fingerprint density at radius 2 is 1.94 bits per heavy atom. The van der Waals surface area contributed by atoms with Crippen LogP contribution in [0.25, 0.3) is 15.9 Å². The predicted molar refractivity (Wildman–Crippen MR) is 110 cm³/mol. The standard InChI is InChI=1S/C20H10ClF5N4O2S/c21-12-5-9(1-2-13(12)22)29-7-15(23)27-17(29)14-8-32-19(31)30(14)16-6-11(20(24,25)26)10-3-4-33-18(10)28-16/h1-7,14H,8H2. The highest BCUT2D eigenvalue weighted by Gasteiger charge is 2.42. The molecule has 13 heteroatoms. The van der Waals surface area contributed by atoms with Crippen LogP contribution in [0.5, 0.6) is 0 Å². The normalized spacial score (nSPS) is 16.6. The molecule has 1 aliphatic rings. The van der Waals surface area contributed by atoms with E-state index in [1.54, 1.807) is 0 Å². The number of amides is 1. The lowest BCUT2D eigenvalue weighted by Crippen LogP contribution is -2.30. The molecule has 33 heavy (non-hydrogen) atoms. The topological polar surface area (TPSA) is 60.2 Å². The van der Waals surface area contributed by atoms with Crippen LogP contribution >= 0.6 is 22.9 Å². The summed E-state index contributed by atoms with van der Waals surface area (Å²) in [6.45, 7) is -0.324. The van der Waals surface area contributed by atoms with Crippen LogP contribution in [0.15, 0.2) is 41.9 Å². The van der Waals surface area contributed by atoms with Crippen molar-refractivity contribution in [1.29, 1.82) is 0 Å². The number of aromatic nitrogens is 3. The van der Waals surface area contributed by atoms with Crippen molar-refractivity contribution in [3.8, 4) is 5.69 Å². The molecule has 0 saturated carbocycles. The number of benzene rings is 1. The van der Waals surface area contributed by atoms with Crippen LogP contribution in [0.3, 0.4) is 0 Å². The van der Waals surface area contributed by atoms with Gasteiger partial charge in [0.2, 0.25) is 5.95 Å². The average molecular weight is 501 g/mol. The van der Waals surface area contributed by atoms with Gasteiger partial charge in [-0.2, -0.15) is 17.6 Å². The second kappa shape index (κ2) is 7.66. The van der Waals surface area contributed by atoms with Crippen LogP contribution in [0.1, 0.15) is 17.4 Å². The lowest BCUT2D eigenvalue weighted by molar-refractivity contribution is -0.136. The highest BCUT2D eigenvalue weighted by atomic mass is 35.5. The van der Waals surface area contributed by atoms with Crippen molar-refractivity contribution >= 4 is 45.1 Å². The molecule has 1 unspecified atom stereocenters. The van der Waals surface area contributed by atoms with Crippen LogP contribution < -0.4 is 4.90 Å². The average Bonchev–Trinajstić information content (AvgIpc) is 3.46. The molecular formula is C20H10ClF5N4O2S. The number of anilines is 1. The van der Waals surface area contributed by atoms with E-state index in [-0.39, 0.29) is 39.2 Å². The van der Waals surface area contributed by atoms with E-state index in [1.165, 1.54) is 28.1 Å². The number of hydrogen-bond donors (Lipinski definition) is 0. The molecule has 1 fully saturated rings. The van der Waals surface area contributed by atoms with E-state index in [2.05, 4.69) is 9.97 Å². The molecule has 5 rings (SSSR count). The third-order valence-electron chi connectivity index (χ3n) is 5.03. The van der Waals surface area contributed by atoms with Gasteiger partial charge >= 0.3 is 12.3 Å². The lowest BCUT2D eigenvalue weighted by Gasteiger charge is -2.22. The summed E-state index contributed by atoms with van der Waals surface area (Å²) in [6, 6.07) is 4.52. The summed E-state index contributed by atoms with van der Waals surface area (Å²) in [7, 11) is 0. The van der Waals surface area contributed by atoms with Gasteiger partial charge < -0.3 is 4.74 Å². The number of nitrogens with zero attached hydrogens (tertiary/aromatic N) is 4. The van der Waals surface area contributed by atoms with Crippen LogP contribution in [0.4, 0.5) is 32.6 Å². The zero-order valence-corrected chi connectivity index (χ0v) is 17.7. The zero-order chi connectivity index (χ0) is 23.5. The zero-order valence-electron chi connectivity index (χ0n) is 16.1. The number of ether oxygens (including phenoxy) is 1. The number of halogens is 6. The second-order valence-electron chi connectivity index (χ2n) is 7.02. The number of thiophene rings is 1. The third-order valence-corrected chi connectivity index (χ3v) is 6.13. The molecule has 1 aromatic carbocycles. The van der Waals surface area contributed by atoms with Gasteiger partial charge in [0.15, 0.2) is 0 Å². The molecule has 3 aromatic heterocycles. The van der Waals surface area contributed by atoms with Crippen LogP contribution in [0, 0.1) is 11.8 Å². The van der Waals surface area contributed by atoms with Gasteiger partial charge in [-0.25, -0.2) is 24.1 Å². The number of rotatable bonds is 3. The number of cyclic esters (lactones) is 1. The number of hydrogen-bond acceptors (Lipinski definition) is 5. The summed E-state index contributed by atoms with van der Waals surface area (Å²) in [5.74, 6) is -2.02. The van der Waals surface area contributed by atoms with Crippen LogP contribution in [-0.2, 0) is 10.9 Å². The molecule has 0 radical (unpaired) electrons. The molecule has 4 aromatic rings. The van der Waals surface area contributed by atoms with Gasteiger partial charge in [0.25, 0.3) is 0 Å². The van der Waals surface area contributed by atoms with Gasteiger partial charge in [0.05, 0.1) is 16.8 Å². The van der Waals surface area contributed by atoms with E-state index in [9.17, 15) is 26.7 Å². The highest BCUT2D eigenvalue weighted by molar-refractivity contribution is 7.16. The first-order valence-corrected chi connectivity index (χ1v) is 10.5. The molecule has 0 aliphatic carbocycles. The molecule has 1 aliphatic heterocycles. The molecule has 0 spiro atoms. The van der Waals surface area contributed by atoms with Crippen molar-refractivity contribution in [2.75, 3.05) is 11.5 Å². The van der Waals surface area contributed by atoms with Crippen molar-refractivity contribution < 1.29 is 31.5 Å². The number of pyridine rings is 1. The van der Waals surface area contributed by atoms with E-state index >= 15 is 0 Å². The van der Waals surface area contributed by atoms with Crippen molar-refractivity contribution in [2.45, 2.75) is 12.2 Å². The van der Waals surface area contributed by atoms with Gasteiger partial charge in [0, 0.05) is 11.1 Å². The maximum absolute atomic E-state index is 14.2. The van der Waals surface area contributed by atoms with Gasteiger partial charge in [-0.15, -0.1) is 11.3 Å². The SMILES string of the molecule is O=C1OCC(c2nc(F)cn2-c2ccc(F)c(Cl)c2)N1c1cc(C(F)(F)F)c2ccsc2n1. The van der Waals surface area contributed by atoms with Gasteiger partial charge in [-0.05, 0) is 35.7 Å². The Labute approximate surface area is 190 Å². The molecule has 0 N–H and O–H groups in total. The molecule has 1 atom stereocenters. The largest absolute Gasteiger partial charge is 0.446 e. The monoisotopic (exact) mass is 500 g/mol. The van der Waals surface area contributed by atoms with Gasteiger partial charge in [-0.3, -0.25) is 4.57 Å². The highest BCUT2D eigenvalue weighted by Crippen LogP contribution is 2.41. The fourth-order valence-electron chi connectivity index (χ4n) is 3.60. The first kappa shape index (κ1) is 21.6. The summed E-state index contributed by atoms with van der Waals surface area (Å²) < 4.78 is 75.1. The smallest absolute Gasteiger partial charge is 0.417 e. The van der Waals surface area contributed by atoms with Crippen molar-refractivity contribution in [3.05, 3.63) is 70.1 Å². The Hall–Kier alpha value is -3.25. The minimum atomic E-state index is -4.70. The Kier molecular flexibility index (Phi) is 5.01. The predicted octanol–water partition coefficient (Wildman–Crippen LogP) is 6.13. The number of carbonyl (C=O) groups is 1. The molecule has 1 saturated heterocycles. The number of imidazole rings is 1. The maximum Gasteiger partial charge on any atom is 0.417 e. The number of carbonyl (C=O) groups excluding carboxylic acids is 1. The summed E-state index contributed by atoms with van der Waals surface area (Å²) in [6.07, 6.45) is -4.69. The van der Waals surface area contributed by atoms with Gasteiger partial charge in [0.1, 0.15) is 34.9 Å². The summed E-state index contributed by atoms with van der Waals surface area (Å²) in [5, 5.41) is 1.12.